The average molecular weight is 290 g/mol. The number of carboxylic acid groups (broad SMARTS) is 1. The summed E-state index contributed by atoms with van der Waals surface area (Å²) in [6.45, 7) is 3.40. The van der Waals surface area contributed by atoms with E-state index in [0.29, 0.717) is 17.1 Å². The zero-order chi connectivity index (χ0) is 15.7. The summed E-state index contributed by atoms with van der Waals surface area (Å²) in [5.74, 6) is -0.873. The van der Waals surface area contributed by atoms with Crippen molar-refractivity contribution in [3.63, 3.8) is 0 Å². The van der Waals surface area contributed by atoms with E-state index in [0.717, 1.165) is 0 Å². The van der Waals surface area contributed by atoms with Crippen molar-refractivity contribution in [1.82, 2.24) is 4.57 Å². The molecule has 0 saturated carbocycles. The lowest BCUT2D eigenvalue weighted by atomic mass is 10.2. The zero-order valence-corrected chi connectivity index (χ0v) is 11.8. The molecule has 0 spiro atoms. The van der Waals surface area contributed by atoms with Gasteiger partial charge in [-0.3, -0.25) is 10.1 Å². The molecular weight excluding hydrogens is 276 g/mol. The highest BCUT2D eigenvalue weighted by Gasteiger charge is 2.20. The Labute approximate surface area is 120 Å². The third-order valence-electron chi connectivity index (χ3n) is 3.28. The number of nitrogens with zero attached hydrogens (tertiary/aromatic N) is 2. The first kappa shape index (κ1) is 14.6. The molecule has 0 aliphatic rings. The van der Waals surface area contributed by atoms with Crippen molar-refractivity contribution in [2.24, 2.45) is 0 Å². The van der Waals surface area contributed by atoms with Gasteiger partial charge in [0.25, 0.3) is 0 Å². The first-order valence-electron chi connectivity index (χ1n) is 6.12. The van der Waals surface area contributed by atoms with Crippen LogP contribution in [0.1, 0.15) is 21.7 Å². The normalized spacial score (nSPS) is 10.4. The molecule has 0 aliphatic carbocycles. The van der Waals surface area contributed by atoms with Crippen molar-refractivity contribution in [2.45, 2.75) is 13.8 Å². The number of ether oxygens (including phenoxy) is 1. The van der Waals surface area contributed by atoms with Crippen LogP contribution in [-0.4, -0.2) is 27.7 Å². The van der Waals surface area contributed by atoms with E-state index in [1.54, 1.807) is 24.5 Å². The summed E-state index contributed by atoms with van der Waals surface area (Å²) < 4.78 is 6.62. The maximum Gasteiger partial charge on any atom is 0.337 e. The van der Waals surface area contributed by atoms with Gasteiger partial charge in [0.2, 0.25) is 0 Å². The molecule has 21 heavy (non-hydrogen) atoms. The minimum Gasteiger partial charge on any atom is -0.490 e. The van der Waals surface area contributed by atoms with Crippen LogP contribution in [0.2, 0.25) is 0 Å². The molecule has 7 nitrogen and oxygen atoms in total. The van der Waals surface area contributed by atoms with E-state index >= 15 is 0 Å². The molecule has 1 aromatic heterocycles. The average Bonchev–Trinajstić information content (AvgIpc) is 2.73. The SMILES string of the molecule is COc1ccc(-n2c(C)cc(C(=O)O)c2C)cc1[N+](=O)[O-]. The number of methoxy groups -OCH3 is 1. The number of hydrogen-bond acceptors (Lipinski definition) is 4. The Morgan fingerprint density at radius 1 is 1.33 bits per heavy atom. The fraction of sp³-hybridized carbons (Fsp3) is 0.214. The van der Waals surface area contributed by atoms with Gasteiger partial charge in [-0.05, 0) is 32.0 Å². The number of nitro groups is 1. The summed E-state index contributed by atoms with van der Waals surface area (Å²) in [6.07, 6.45) is 0. The van der Waals surface area contributed by atoms with Gasteiger partial charge in [0.05, 0.1) is 23.3 Å². The number of aromatic nitrogens is 1. The van der Waals surface area contributed by atoms with Crippen LogP contribution in [0.3, 0.4) is 0 Å². The number of benzene rings is 1. The first-order chi connectivity index (χ1) is 9.86. The molecule has 0 radical (unpaired) electrons. The Morgan fingerprint density at radius 2 is 2.00 bits per heavy atom. The smallest absolute Gasteiger partial charge is 0.337 e. The number of rotatable bonds is 4. The molecule has 1 aromatic carbocycles. The van der Waals surface area contributed by atoms with Gasteiger partial charge >= 0.3 is 11.7 Å². The Bertz CT molecular complexity index is 733. The maximum absolute atomic E-state index is 11.2. The molecule has 1 heterocycles. The highest BCUT2D eigenvalue weighted by molar-refractivity contribution is 5.89. The minimum atomic E-state index is -1.03. The molecule has 0 aliphatic heterocycles. The second-order valence-corrected chi connectivity index (χ2v) is 4.54. The van der Waals surface area contributed by atoms with Crippen molar-refractivity contribution in [3.8, 4) is 11.4 Å². The third kappa shape index (κ3) is 2.45. The molecule has 2 aromatic rings. The Balaban J connectivity index is 2.65. The van der Waals surface area contributed by atoms with Crippen LogP contribution in [0.15, 0.2) is 24.3 Å². The van der Waals surface area contributed by atoms with Crippen LogP contribution in [0.5, 0.6) is 5.75 Å². The highest BCUT2D eigenvalue weighted by atomic mass is 16.6. The second-order valence-electron chi connectivity index (χ2n) is 4.54. The largest absolute Gasteiger partial charge is 0.490 e. The van der Waals surface area contributed by atoms with E-state index in [2.05, 4.69) is 0 Å². The summed E-state index contributed by atoms with van der Waals surface area (Å²) >= 11 is 0. The number of carbonyl (C=O) groups is 1. The van der Waals surface area contributed by atoms with Crippen LogP contribution in [0, 0.1) is 24.0 Å². The van der Waals surface area contributed by atoms with Crippen LogP contribution in [-0.2, 0) is 0 Å². The van der Waals surface area contributed by atoms with Crippen molar-refractivity contribution < 1.29 is 19.6 Å². The summed E-state index contributed by atoms with van der Waals surface area (Å²) in [7, 11) is 1.36. The lowest BCUT2D eigenvalue weighted by Crippen LogP contribution is -2.03. The van der Waals surface area contributed by atoms with Gasteiger partial charge < -0.3 is 14.4 Å². The van der Waals surface area contributed by atoms with Crippen LogP contribution >= 0.6 is 0 Å². The second kappa shape index (κ2) is 5.28. The van der Waals surface area contributed by atoms with Crippen LogP contribution in [0.25, 0.3) is 5.69 Å². The molecule has 110 valence electrons. The Kier molecular flexibility index (Phi) is 3.66. The summed E-state index contributed by atoms with van der Waals surface area (Å²) in [5.41, 5.74) is 1.72. The molecule has 2 rings (SSSR count). The van der Waals surface area contributed by atoms with Gasteiger partial charge in [-0.25, -0.2) is 4.79 Å². The predicted octanol–water partition coefficient (Wildman–Crippen LogP) is 2.71. The fourth-order valence-corrected chi connectivity index (χ4v) is 2.34. The molecular formula is C14H14N2O5. The van der Waals surface area contributed by atoms with E-state index < -0.39 is 10.9 Å². The Hall–Kier alpha value is -2.83. The lowest BCUT2D eigenvalue weighted by Gasteiger charge is -2.10. The lowest BCUT2D eigenvalue weighted by molar-refractivity contribution is -0.385. The molecule has 0 atom stereocenters. The number of carboxylic acids is 1. The number of hydrogen-bond donors (Lipinski definition) is 1. The fourth-order valence-electron chi connectivity index (χ4n) is 2.34. The van der Waals surface area contributed by atoms with Gasteiger partial charge in [0.1, 0.15) is 0 Å². The molecule has 7 heteroatoms. The number of aromatic carboxylic acids is 1. The molecule has 1 N–H and O–H groups in total. The summed E-state index contributed by atoms with van der Waals surface area (Å²) in [5, 5.41) is 20.2. The van der Waals surface area contributed by atoms with Gasteiger partial charge in [0, 0.05) is 17.5 Å². The van der Waals surface area contributed by atoms with Crippen molar-refractivity contribution in [3.05, 3.63) is 51.3 Å². The van der Waals surface area contributed by atoms with Crippen molar-refractivity contribution >= 4 is 11.7 Å². The molecule has 0 amide bonds. The van der Waals surface area contributed by atoms with Crippen molar-refractivity contribution in [1.29, 1.82) is 0 Å². The number of aryl methyl sites for hydroxylation is 1. The maximum atomic E-state index is 11.2. The topological polar surface area (TPSA) is 94.6 Å². The quantitative estimate of drug-likeness (QED) is 0.690. The van der Waals surface area contributed by atoms with Crippen molar-refractivity contribution in [2.75, 3.05) is 7.11 Å². The molecule has 0 fully saturated rings. The van der Waals surface area contributed by atoms with Gasteiger partial charge in [0.15, 0.2) is 5.75 Å². The van der Waals surface area contributed by atoms with Crippen LogP contribution in [0.4, 0.5) is 5.69 Å². The van der Waals surface area contributed by atoms with E-state index in [-0.39, 0.29) is 17.0 Å². The molecule has 0 unspecified atom stereocenters. The predicted molar refractivity (Wildman–Crippen MR) is 75.4 cm³/mol. The molecule has 0 bridgehead atoms. The zero-order valence-electron chi connectivity index (χ0n) is 11.8. The highest BCUT2D eigenvalue weighted by Crippen LogP contribution is 2.31. The third-order valence-corrected chi connectivity index (χ3v) is 3.28. The number of nitro benzene ring substituents is 1. The van der Waals surface area contributed by atoms with Crippen LogP contribution < -0.4 is 4.74 Å². The summed E-state index contributed by atoms with van der Waals surface area (Å²) in [4.78, 5) is 21.7. The van der Waals surface area contributed by atoms with E-state index in [1.165, 1.54) is 25.3 Å². The monoisotopic (exact) mass is 290 g/mol. The minimum absolute atomic E-state index is 0.157. The Morgan fingerprint density at radius 3 is 2.48 bits per heavy atom. The first-order valence-corrected chi connectivity index (χ1v) is 6.12. The molecule has 0 saturated heterocycles. The van der Waals surface area contributed by atoms with E-state index in [9.17, 15) is 14.9 Å². The van der Waals surface area contributed by atoms with E-state index in [4.69, 9.17) is 9.84 Å². The van der Waals surface area contributed by atoms with Gasteiger partial charge in [-0.15, -0.1) is 0 Å². The van der Waals surface area contributed by atoms with E-state index in [1.807, 2.05) is 0 Å². The van der Waals surface area contributed by atoms with Gasteiger partial charge in [-0.1, -0.05) is 0 Å². The van der Waals surface area contributed by atoms with Gasteiger partial charge in [-0.2, -0.15) is 0 Å². The standard InChI is InChI=1S/C14H14N2O5/c1-8-6-11(14(17)18)9(2)15(8)10-4-5-13(21-3)12(7-10)16(19)20/h4-7H,1-3H3,(H,17,18). The summed E-state index contributed by atoms with van der Waals surface area (Å²) in [6, 6.07) is 6.04.